The topological polar surface area (TPSA) is 40.5 Å². The van der Waals surface area contributed by atoms with Crippen LogP contribution < -0.4 is 0 Å². The van der Waals surface area contributed by atoms with Crippen LogP contribution in [0.1, 0.15) is 31.2 Å². The number of thioether (sulfide) groups is 1. The lowest BCUT2D eigenvalue weighted by Crippen LogP contribution is -2.26. The van der Waals surface area contributed by atoms with Crippen LogP contribution in [0.2, 0.25) is 0 Å². The molecule has 0 heterocycles. The first-order chi connectivity index (χ1) is 7.79. The van der Waals surface area contributed by atoms with E-state index in [-0.39, 0.29) is 12.7 Å². The number of aliphatic hydroxyl groups excluding tert-OH is 2. The third kappa shape index (κ3) is 3.00. The van der Waals surface area contributed by atoms with Gasteiger partial charge in [0.1, 0.15) is 0 Å². The molecule has 1 saturated carbocycles. The second kappa shape index (κ2) is 5.71. The Morgan fingerprint density at radius 3 is 2.44 bits per heavy atom. The highest BCUT2D eigenvalue weighted by Gasteiger charge is 2.23. The predicted molar refractivity (Wildman–Crippen MR) is 66.5 cm³/mol. The zero-order valence-corrected chi connectivity index (χ0v) is 10.1. The minimum Gasteiger partial charge on any atom is -0.392 e. The van der Waals surface area contributed by atoms with Crippen LogP contribution in [0, 0.1) is 0 Å². The predicted octanol–water partition coefficient (Wildman–Crippen LogP) is 2.57. The zero-order valence-electron chi connectivity index (χ0n) is 9.30. The summed E-state index contributed by atoms with van der Waals surface area (Å²) in [6.45, 7) is 0.0942. The maximum atomic E-state index is 9.87. The van der Waals surface area contributed by atoms with Crippen LogP contribution >= 0.6 is 11.8 Å². The first kappa shape index (κ1) is 12.0. The Morgan fingerprint density at radius 2 is 1.81 bits per heavy atom. The molecule has 2 atom stereocenters. The third-order valence-corrected chi connectivity index (χ3v) is 4.46. The molecular formula is C13H18O2S. The minimum atomic E-state index is -0.156. The van der Waals surface area contributed by atoms with Crippen LogP contribution in [-0.4, -0.2) is 21.6 Å². The van der Waals surface area contributed by atoms with Crippen LogP contribution in [0.4, 0.5) is 0 Å². The Kier molecular flexibility index (Phi) is 4.27. The van der Waals surface area contributed by atoms with E-state index < -0.39 is 0 Å². The lowest BCUT2D eigenvalue weighted by atomic mass is 9.97. The molecular weight excluding hydrogens is 220 g/mol. The Labute approximate surface area is 101 Å². The van der Waals surface area contributed by atoms with Crippen molar-refractivity contribution in [3.63, 3.8) is 0 Å². The monoisotopic (exact) mass is 238 g/mol. The van der Waals surface area contributed by atoms with Crippen molar-refractivity contribution >= 4 is 11.8 Å². The normalized spacial score (nSPS) is 25.6. The van der Waals surface area contributed by atoms with Gasteiger partial charge in [0.15, 0.2) is 0 Å². The maximum absolute atomic E-state index is 9.87. The molecule has 0 aliphatic heterocycles. The van der Waals surface area contributed by atoms with Crippen LogP contribution in [0.5, 0.6) is 0 Å². The van der Waals surface area contributed by atoms with E-state index in [9.17, 15) is 5.11 Å². The Balaban J connectivity index is 1.96. The quantitative estimate of drug-likeness (QED) is 0.850. The van der Waals surface area contributed by atoms with Crippen molar-refractivity contribution in [2.75, 3.05) is 0 Å². The molecule has 88 valence electrons. The molecule has 0 spiro atoms. The van der Waals surface area contributed by atoms with Gasteiger partial charge in [-0.15, -0.1) is 11.8 Å². The summed E-state index contributed by atoms with van der Waals surface area (Å²) >= 11 is 1.76. The number of benzene rings is 1. The SMILES string of the molecule is OCc1ccc(S[C@H]2CCCC[C@@H]2O)cc1. The van der Waals surface area contributed by atoms with Gasteiger partial charge in [0, 0.05) is 10.1 Å². The Bertz CT molecular complexity index is 323. The standard InChI is InChI=1S/C13H18O2S/c14-9-10-5-7-11(8-6-10)16-13-4-2-1-3-12(13)15/h5-8,12-15H,1-4,9H2/t12-,13-/m0/s1. The average Bonchev–Trinajstić information content (AvgIpc) is 2.33. The van der Waals surface area contributed by atoms with Gasteiger partial charge >= 0.3 is 0 Å². The third-order valence-electron chi connectivity index (χ3n) is 3.06. The smallest absolute Gasteiger partial charge is 0.0681 e. The van der Waals surface area contributed by atoms with Crippen molar-refractivity contribution in [3.8, 4) is 0 Å². The van der Waals surface area contributed by atoms with Crippen molar-refractivity contribution in [1.82, 2.24) is 0 Å². The molecule has 16 heavy (non-hydrogen) atoms. The summed E-state index contributed by atoms with van der Waals surface area (Å²) in [5.74, 6) is 0. The molecule has 0 unspecified atom stereocenters. The summed E-state index contributed by atoms with van der Waals surface area (Å²) in [6, 6.07) is 7.93. The van der Waals surface area contributed by atoms with E-state index in [1.165, 1.54) is 11.3 Å². The highest BCUT2D eigenvalue weighted by atomic mass is 32.2. The molecule has 2 N–H and O–H groups in total. The highest BCUT2D eigenvalue weighted by Crippen LogP contribution is 2.33. The summed E-state index contributed by atoms with van der Waals surface area (Å²) in [4.78, 5) is 1.18. The summed E-state index contributed by atoms with van der Waals surface area (Å²) in [7, 11) is 0. The fraction of sp³-hybridized carbons (Fsp3) is 0.538. The number of aliphatic hydroxyl groups is 2. The van der Waals surface area contributed by atoms with E-state index in [4.69, 9.17) is 5.11 Å². The van der Waals surface area contributed by atoms with Gasteiger partial charge in [-0.25, -0.2) is 0 Å². The van der Waals surface area contributed by atoms with Crippen LogP contribution in [-0.2, 0) is 6.61 Å². The van der Waals surface area contributed by atoms with Gasteiger partial charge in [-0.2, -0.15) is 0 Å². The maximum Gasteiger partial charge on any atom is 0.0681 e. The van der Waals surface area contributed by atoms with Crippen molar-refractivity contribution in [2.45, 2.75) is 48.5 Å². The molecule has 0 amide bonds. The lowest BCUT2D eigenvalue weighted by Gasteiger charge is -2.26. The second-order valence-corrected chi connectivity index (χ2v) is 5.62. The van der Waals surface area contributed by atoms with E-state index >= 15 is 0 Å². The Morgan fingerprint density at radius 1 is 1.12 bits per heavy atom. The van der Waals surface area contributed by atoms with Gasteiger partial charge in [0.25, 0.3) is 0 Å². The van der Waals surface area contributed by atoms with Gasteiger partial charge in [-0.1, -0.05) is 25.0 Å². The van der Waals surface area contributed by atoms with Gasteiger partial charge < -0.3 is 10.2 Å². The van der Waals surface area contributed by atoms with E-state index in [0.717, 1.165) is 24.8 Å². The molecule has 1 fully saturated rings. The summed E-state index contributed by atoms with van der Waals surface area (Å²) in [5.41, 5.74) is 0.938. The molecule has 1 aromatic rings. The molecule has 1 aliphatic carbocycles. The number of hydrogen-bond acceptors (Lipinski definition) is 3. The van der Waals surface area contributed by atoms with Crippen LogP contribution in [0.25, 0.3) is 0 Å². The van der Waals surface area contributed by atoms with Crippen molar-refractivity contribution in [2.24, 2.45) is 0 Å². The molecule has 1 aliphatic rings. The summed E-state index contributed by atoms with van der Waals surface area (Å²) < 4.78 is 0. The van der Waals surface area contributed by atoms with E-state index in [1.807, 2.05) is 24.3 Å². The molecule has 0 bridgehead atoms. The van der Waals surface area contributed by atoms with E-state index in [2.05, 4.69) is 0 Å². The molecule has 0 aromatic heterocycles. The summed E-state index contributed by atoms with van der Waals surface area (Å²) in [5, 5.41) is 19.2. The Hall–Kier alpha value is -0.510. The van der Waals surface area contributed by atoms with Gasteiger partial charge in [0.2, 0.25) is 0 Å². The number of hydrogen-bond donors (Lipinski definition) is 2. The zero-order chi connectivity index (χ0) is 11.4. The molecule has 0 saturated heterocycles. The summed E-state index contributed by atoms with van der Waals surface area (Å²) in [6.07, 6.45) is 4.27. The average molecular weight is 238 g/mol. The minimum absolute atomic E-state index is 0.0942. The molecule has 2 rings (SSSR count). The lowest BCUT2D eigenvalue weighted by molar-refractivity contribution is 0.137. The van der Waals surface area contributed by atoms with E-state index in [1.54, 1.807) is 11.8 Å². The highest BCUT2D eigenvalue weighted by molar-refractivity contribution is 8.00. The molecule has 1 aromatic carbocycles. The van der Waals surface area contributed by atoms with Crippen molar-refractivity contribution in [3.05, 3.63) is 29.8 Å². The van der Waals surface area contributed by atoms with Crippen LogP contribution in [0.3, 0.4) is 0 Å². The fourth-order valence-corrected chi connectivity index (χ4v) is 3.28. The molecule has 2 nitrogen and oxygen atoms in total. The van der Waals surface area contributed by atoms with Crippen molar-refractivity contribution in [1.29, 1.82) is 0 Å². The first-order valence-corrected chi connectivity index (χ1v) is 6.72. The number of rotatable bonds is 3. The molecule has 3 heteroatoms. The van der Waals surface area contributed by atoms with Crippen LogP contribution in [0.15, 0.2) is 29.2 Å². The first-order valence-electron chi connectivity index (χ1n) is 5.84. The van der Waals surface area contributed by atoms with Gasteiger partial charge in [0.05, 0.1) is 12.7 Å². The van der Waals surface area contributed by atoms with E-state index in [0.29, 0.717) is 5.25 Å². The fourth-order valence-electron chi connectivity index (χ4n) is 2.06. The van der Waals surface area contributed by atoms with Gasteiger partial charge in [-0.05, 0) is 30.5 Å². The molecule has 0 radical (unpaired) electrons. The van der Waals surface area contributed by atoms with Crippen molar-refractivity contribution < 1.29 is 10.2 Å². The largest absolute Gasteiger partial charge is 0.392 e. The second-order valence-electron chi connectivity index (χ2n) is 4.31. The van der Waals surface area contributed by atoms with Gasteiger partial charge in [-0.3, -0.25) is 0 Å².